The van der Waals surface area contributed by atoms with E-state index in [1.165, 1.54) is 7.11 Å². The van der Waals surface area contributed by atoms with Crippen molar-refractivity contribution in [3.05, 3.63) is 51.8 Å². The van der Waals surface area contributed by atoms with Crippen molar-refractivity contribution in [3.8, 4) is 0 Å². The van der Waals surface area contributed by atoms with Gasteiger partial charge in [-0.2, -0.15) is 0 Å². The molecule has 1 aliphatic rings. The Kier molecular flexibility index (Phi) is 4.44. The third kappa shape index (κ3) is 3.08. The molecule has 1 aromatic carbocycles. The first-order valence-electron chi connectivity index (χ1n) is 7.56. The number of anilines is 1. The van der Waals surface area contributed by atoms with Crippen LogP contribution in [-0.4, -0.2) is 24.0 Å². The van der Waals surface area contributed by atoms with Crippen LogP contribution < -0.4 is 5.32 Å². The van der Waals surface area contributed by atoms with Gasteiger partial charge in [-0.05, 0) is 48.7 Å². The molecule has 0 aliphatic carbocycles. The van der Waals surface area contributed by atoms with Crippen molar-refractivity contribution in [3.63, 3.8) is 0 Å². The minimum Gasteiger partial charge on any atom is -0.469 e. The van der Waals surface area contributed by atoms with Crippen LogP contribution in [0.2, 0.25) is 5.02 Å². The first kappa shape index (κ1) is 16.3. The van der Waals surface area contributed by atoms with Gasteiger partial charge in [0, 0.05) is 34.6 Å². The largest absolute Gasteiger partial charge is 0.469 e. The van der Waals surface area contributed by atoms with Gasteiger partial charge in [0.1, 0.15) is 0 Å². The summed E-state index contributed by atoms with van der Waals surface area (Å²) in [6.07, 6.45) is 4.59. The number of H-pyrrole nitrogens is 1. The lowest BCUT2D eigenvalue weighted by atomic mass is 10.0. The monoisotopic (exact) mass is 344 g/mol. The predicted molar refractivity (Wildman–Crippen MR) is 93.8 cm³/mol. The fraction of sp³-hybridized carbons (Fsp3) is 0.222. The van der Waals surface area contributed by atoms with E-state index in [0.717, 1.165) is 28.1 Å². The van der Waals surface area contributed by atoms with Crippen LogP contribution in [0.5, 0.6) is 0 Å². The van der Waals surface area contributed by atoms with Gasteiger partial charge in [-0.3, -0.25) is 9.59 Å². The van der Waals surface area contributed by atoms with Gasteiger partial charge in [0.2, 0.25) is 0 Å². The van der Waals surface area contributed by atoms with E-state index in [0.29, 0.717) is 23.4 Å². The zero-order valence-corrected chi connectivity index (χ0v) is 14.2. The topological polar surface area (TPSA) is 71.2 Å². The molecule has 0 fully saturated rings. The molecule has 1 amide bonds. The summed E-state index contributed by atoms with van der Waals surface area (Å²) in [6.45, 7) is 1.96. The highest BCUT2D eigenvalue weighted by Crippen LogP contribution is 2.35. The fourth-order valence-electron chi connectivity index (χ4n) is 2.75. The molecular formula is C18H17ClN2O3. The Bertz CT molecular complexity index is 852. The van der Waals surface area contributed by atoms with Crippen LogP contribution in [0.1, 0.15) is 28.8 Å². The molecule has 24 heavy (non-hydrogen) atoms. The number of rotatable bonds is 4. The molecule has 5 nitrogen and oxygen atoms in total. The smallest absolute Gasteiger partial charge is 0.305 e. The van der Waals surface area contributed by atoms with Crippen molar-refractivity contribution in [2.45, 2.75) is 19.8 Å². The van der Waals surface area contributed by atoms with Gasteiger partial charge in [0.05, 0.1) is 12.7 Å². The number of halogens is 1. The molecule has 3 rings (SSSR count). The third-order valence-corrected chi connectivity index (χ3v) is 4.40. The van der Waals surface area contributed by atoms with Crippen LogP contribution in [0.3, 0.4) is 0 Å². The number of benzene rings is 1. The SMILES string of the molecule is COC(=O)CCc1c[nH]c(/C=C2\C(=O)Nc3ccc(Cl)cc32)c1C. The van der Waals surface area contributed by atoms with Gasteiger partial charge < -0.3 is 15.0 Å². The molecule has 2 N–H and O–H groups in total. The Morgan fingerprint density at radius 1 is 1.38 bits per heavy atom. The standard InChI is InChI=1S/C18H17ClN2O3/c1-10-11(3-6-17(22)24-2)9-20-16(10)8-14-13-7-12(19)4-5-15(13)21-18(14)23/h4-5,7-9,20H,3,6H2,1-2H3,(H,21,23)/b14-8-. The van der Waals surface area contributed by atoms with E-state index in [1.54, 1.807) is 18.2 Å². The number of methoxy groups -OCH3 is 1. The normalized spacial score (nSPS) is 14.6. The van der Waals surface area contributed by atoms with Crippen molar-refractivity contribution in [2.24, 2.45) is 0 Å². The second-order valence-corrected chi connectivity index (χ2v) is 6.07. The highest BCUT2D eigenvalue weighted by atomic mass is 35.5. The van der Waals surface area contributed by atoms with Crippen molar-refractivity contribution >= 4 is 40.8 Å². The Balaban J connectivity index is 1.90. The molecule has 0 atom stereocenters. The molecule has 124 valence electrons. The number of carbonyl (C=O) groups is 2. The molecule has 0 radical (unpaired) electrons. The molecule has 2 aromatic rings. The number of aromatic nitrogens is 1. The number of hydrogen-bond donors (Lipinski definition) is 2. The molecule has 1 aliphatic heterocycles. The van der Waals surface area contributed by atoms with Gasteiger partial charge in [0.15, 0.2) is 0 Å². The second-order valence-electron chi connectivity index (χ2n) is 5.63. The molecule has 2 heterocycles. The number of esters is 1. The highest BCUT2D eigenvalue weighted by molar-refractivity contribution is 6.36. The predicted octanol–water partition coefficient (Wildman–Crippen LogP) is 3.57. The molecular weight excluding hydrogens is 328 g/mol. The lowest BCUT2D eigenvalue weighted by Gasteiger charge is -2.01. The van der Waals surface area contributed by atoms with Gasteiger partial charge in [-0.15, -0.1) is 0 Å². The van der Waals surface area contributed by atoms with Crippen LogP contribution in [0.25, 0.3) is 11.6 Å². The number of amides is 1. The number of ether oxygens (including phenoxy) is 1. The maximum atomic E-state index is 12.2. The number of aromatic amines is 1. The minimum atomic E-state index is -0.241. The quantitative estimate of drug-likeness (QED) is 0.658. The summed E-state index contributed by atoms with van der Waals surface area (Å²) in [5.74, 6) is -0.397. The average molecular weight is 345 g/mol. The molecule has 0 spiro atoms. The fourth-order valence-corrected chi connectivity index (χ4v) is 2.92. The maximum absolute atomic E-state index is 12.2. The summed E-state index contributed by atoms with van der Waals surface area (Å²) in [7, 11) is 1.38. The Labute approximate surface area is 144 Å². The molecule has 0 bridgehead atoms. The summed E-state index contributed by atoms with van der Waals surface area (Å²) < 4.78 is 4.66. The maximum Gasteiger partial charge on any atom is 0.305 e. The van der Waals surface area contributed by atoms with Crippen LogP contribution >= 0.6 is 11.6 Å². The first-order valence-corrected chi connectivity index (χ1v) is 7.94. The van der Waals surface area contributed by atoms with Crippen molar-refractivity contribution in [1.29, 1.82) is 0 Å². The number of nitrogens with one attached hydrogen (secondary N) is 2. The zero-order valence-electron chi connectivity index (χ0n) is 13.4. The van der Waals surface area contributed by atoms with Crippen molar-refractivity contribution in [1.82, 2.24) is 4.98 Å². The van der Waals surface area contributed by atoms with Crippen molar-refractivity contribution in [2.75, 3.05) is 12.4 Å². The van der Waals surface area contributed by atoms with E-state index in [1.807, 2.05) is 19.2 Å². The van der Waals surface area contributed by atoms with E-state index < -0.39 is 0 Å². The van der Waals surface area contributed by atoms with Gasteiger partial charge in [0.25, 0.3) is 5.91 Å². The molecule has 1 aromatic heterocycles. The third-order valence-electron chi connectivity index (χ3n) is 4.17. The molecule has 0 saturated carbocycles. The van der Waals surface area contributed by atoms with E-state index in [2.05, 4.69) is 15.0 Å². The Morgan fingerprint density at radius 3 is 2.92 bits per heavy atom. The summed E-state index contributed by atoms with van der Waals surface area (Å²) in [4.78, 5) is 26.7. The Hall–Kier alpha value is -2.53. The summed E-state index contributed by atoms with van der Waals surface area (Å²) in [5, 5.41) is 3.41. The van der Waals surface area contributed by atoms with Crippen LogP contribution in [0.4, 0.5) is 5.69 Å². The summed E-state index contributed by atoms with van der Waals surface area (Å²) >= 11 is 6.04. The van der Waals surface area contributed by atoms with Gasteiger partial charge in [-0.25, -0.2) is 0 Å². The van der Waals surface area contributed by atoms with E-state index in [-0.39, 0.29) is 11.9 Å². The van der Waals surface area contributed by atoms with Crippen LogP contribution in [0.15, 0.2) is 24.4 Å². The number of aryl methyl sites for hydroxylation is 1. The summed E-state index contributed by atoms with van der Waals surface area (Å²) in [5.41, 5.74) is 4.99. The van der Waals surface area contributed by atoms with E-state index >= 15 is 0 Å². The number of fused-ring (bicyclic) bond motifs is 1. The zero-order chi connectivity index (χ0) is 17.3. The van der Waals surface area contributed by atoms with E-state index in [4.69, 9.17) is 11.6 Å². The van der Waals surface area contributed by atoms with E-state index in [9.17, 15) is 9.59 Å². The highest BCUT2D eigenvalue weighted by Gasteiger charge is 2.24. The number of carbonyl (C=O) groups excluding carboxylic acids is 2. The second kappa shape index (κ2) is 6.53. The minimum absolute atomic E-state index is 0.155. The van der Waals surface area contributed by atoms with Gasteiger partial charge >= 0.3 is 5.97 Å². The van der Waals surface area contributed by atoms with Crippen molar-refractivity contribution < 1.29 is 14.3 Å². The molecule has 6 heteroatoms. The van der Waals surface area contributed by atoms with Crippen LogP contribution in [0, 0.1) is 6.92 Å². The number of hydrogen-bond acceptors (Lipinski definition) is 3. The van der Waals surface area contributed by atoms with Crippen LogP contribution in [-0.2, 0) is 20.7 Å². The van der Waals surface area contributed by atoms with Gasteiger partial charge in [-0.1, -0.05) is 11.6 Å². The first-order chi connectivity index (χ1) is 11.5. The summed E-state index contributed by atoms with van der Waals surface area (Å²) in [6, 6.07) is 5.31. The average Bonchev–Trinajstić information content (AvgIpc) is 3.06. The molecule has 0 unspecified atom stereocenters. The lowest BCUT2D eigenvalue weighted by Crippen LogP contribution is -2.03. The lowest BCUT2D eigenvalue weighted by molar-refractivity contribution is -0.140. The molecule has 0 saturated heterocycles. The Morgan fingerprint density at radius 2 is 2.17 bits per heavy atom.